The van der Waals surface area contributed by atoms with Gasteiger partial charge in [0.05, 0.1) is 44.2 Å². The monoisotopic (exact) mass is 483 g/mol. The van der Waals surface area contributed by atoms with Crippen molar-refractivity contribution in [2.24, 2.45) is 0 Å². The number of aliphatic hydroxyl groups is 2. The number of nitrogens with zero attached hydrogens (tertiary/aromatic N) is 2. The van der Waals surface area contributed by atoms with Crippen LogP contribution >= 0.6 is 0 Å². The van der Waals surface area contributed by atoms with Gasteiger partial charge in [-0.1, -0.05) is 0 Å². The Hall–Kier alpha value is -4.92. The summed E-state index contributed by atoms with van der Waals surface area (Å²) in [6, 6.07) is 12.8. The number of fused-ring (bicyclic) bond motifs is 3. The highest BCUT2D eigenvalue weighted by molar-refractivity contribution is 5.97. The molecule has 1 aromatic heterocycles. The van der Waals surface area contributed by atoms with Gasteiger partial charge in [-0.25, -0.2) is 9.97 Å². The molecule has 0 atom stereocenters. The van der Waals surface area contributed by atoms with Gasteiger partial charge < -0.3 is 15.2 Å². The average molecular weight is 483 g/mol. The lowest BCUT2D eigenvalue weighted by Crippen LogP contribution is -2.15. The van der Waals surface area contributed by atoms with Crippen molar-refractivity contribution in [3.05, 3.63) is 102 Å². The van der Waals surface area contributed by atoms with Gasteiger partial charge in [-0.3, -0.25) is 19.2 Å². The van der Waals surface area contributed by atoms with Crippen molar-refractivity contribution >= 4 is 50.0 Å². The summed E-state index contributed by atoms with van der Waals surface area (Å²) in [7, 11) is 0. The molecular weight excluding hydrogens is 462 g/mol. The third-order valence-electron chi connectivity index (χ3n) is 5.65. The fourth-order valence-corrected chi connectivity index (χ4v) is 3.65. The van der Waals surface area contributed by atoms with Crippen LogP contribution in [-0.4, -0.2) is 30.9 Å². The minimum atomic E-state index is -0.797. The molecule has 0 spiro atoms. The Bertz CT molecular complexity index is 1950. The molecule has 0 aliphatic heterocycles. The van der Waals surface area contributed by atoms with Crippen LogP contribution < -0.4 is 27.1 Å². The predicted octanol–water partition coefficient (Wildman–Crippen LogP) is 2.04. The minimum Gasteiger partial charge on any atom is -0.512 e. The van der Waals surface area contributed by atoms with E-state index in [4.69, 9.17) is 0 Å². The first-order chi connectivity index (χ1) is 17.0. The van der Waals surface area contributed by atoms with Crippen molar-refractivity contribution in [3.8, 4) is 0 Å². The summed E-state index contributed by atoms with van der Waals surface area (Å²) in [5.41, 5.74) is -1.92. The highest BCUT2D eigenvalue weighted by Crippen LogP contribution is 2.10. The summed E-state index contributed by atoms with van der Waals surface area (Å²) in [6.45, 7) is 4.23. The fraction of sp³-hybridized carbons (Fsp3) is 0.111. The topological polar surface area (TPSA) is 150 Å². The first-order valence-electron chi connectivity index (χ1n) is 10.9. The lowest BCUT2D eigenvalue weighted by molar-refractivity contribution is 0.101. The molecule has 180 valence electrons. The maximum atomic E-state index is 13.3. The Labute approximate surface area is 202 Å². The van der Waals surface area contributed by atoms with Gasteiger partial charge in [0.2, 0.25) is 0 Å². The van der Waals surface area contributed by atoms with Gasteiger partial charge in [-0.2, -0.15) is 0 Å². The van der Waals surface area contributed by atoms with Crippen LogP contribution in [0.25, 0.3) is 44.2 Å². The molecule has 9 heteroatoms. The molecule has 0 radical (unpaired) electrons. The molecule has 0 aliphatic carbocycles. The molecule has 3 N–H and O–H groups in total. The van der Waals surface area contributed by atoms with E-state index in [9.17, 15) is 29.4 Å². The maximum Gasteiger partial charge on any atom is 0.279 e. The molecule has 0 saturated heterocycles. The van der Waals surface area contributed by atoms with E-state index in [1.807, 2.05) is 0 Å². The van der Waals surface area contributed by atoms with E-state index in [1.165, 1.54) is 75.4 Å². The van der Waals surface area contributed by atoms with Crippen LogP contribution in [0.15, 0.2) is 69.0 Å². The highest BCUT2D eigenvalue weighted by Gasteiger charge is 2.07. The second-order valence-electron chi connectivity index (χ2n) is 8.24. The van der Waals surface area contributed by atoms with Gasteiger partial charge in [0.15, 0.2) is 5.78 Å². The molecule has 0 fully saturated rings. The van der Waals surface area contributed by atoms with Crippen LogP contribution in [0.2, 0.25) is 0 Å². The number of hydrogen-bond donors (Lipinski definition) is 3. The third-order valence-corrected chi connectivity index (χ3v) is 5.65. The Balaban J connectivity index is 2.42. The van der Waals surface area contributed by atoms with Crippen molar-refractivity contribution in [1.29, 1.82) is 0 Å². The summed E-state index contributed by atoms with van der Waals surface area (Å²) >= 11 is 0. The molecule has 0 unspecified atom stereocenters. The number of hydrogen-bond acceptors (Lipinski definition) is 8. The number of nitrogens with one attached hydrogen (secondary N) is 1. The van der Waals surface area contributed by atoms with Gasteiger partial charge >= 0.3 is 0 Å². The predicted molar refractivity (Wildman–Crippen MR) is 138 cm³/mol. The second-order valence-corrected chi connectivity index (χ2v) is 8.24. The molecule has 0 amide bonds. The van der Waals surface area contributed by atoms with E-state index in [0.717, 1.165) is 0 Å². The minimum absolute atomic E-state index is 0.00235. The largest absolute Gasteiger partial charge is 0.512 e. The van der Waals surface area contributed by atoms with Crippen molar-refractivity contribution in [2.75, 3.05) is 0 Å². The molecule has 4 aromatic rings. The number of aromatic amines is 1. The zero-order chi connectivity index (χ0) is 26.1. The standard InChI is InChI=1S/C27H21N3O6/c1-13(31)16-4-7-22-19(10-16)25(34)29-23-8-5-17(14(2)32)11-20(23)27(36)30-24-9-6-18(15(3)33)12-21(24)26(35)28-22/h4-12,31-32H,1-3H3,(H,30,36)/b16-13-,17-14-,28-22?,29-23?. The number of aromatic nitrogens is 3. The molecule has 1 heterocycles. The van der Waals surface area contributed by atoms with E-state index < -0.39 is 16.7 Å². The molecule has 3 aromatic carbocycles. The number of aliphatic hydroxyl groups excluding tert-OH is 2. The van der Waals surface area contributed by atoms with Gasteiger partial charge in [0.25, 0.3) is 16.7 Å². The Morgan fingerprint density at radius 2 is 1.22 bits per heavy atom. The van der Waals surface area contributed by atoms with Crippen LogP contribution in [-0.2, 0) is 0 Å². The Morgan fingerprint density at radius 1 is 0.694 bits per heavy atom. The van der Waals surface area contributed by atoms with Gasteiger partial charge in [0, 0.05) is 16.0 Å². The van der Waals surface area contributed by atoms with Crippen molar-refractivity contribution in [1.82, 2.24) is 15.0 Å². The van der Waals surface area contributed by atoms with Crippen molar-refractivity contribution in [3.63, 3.8) is 0 Å². The molecular formula is C27H21N3O6. The number of Topliss-reactive ketones (excluding diaryl/α,β-unsaturated/α-hetero) is 1. The fourth-order valence-electron chi connectivity index (χ4n) is 3.65. The first-order valence-corrected chi connectivity index (χ1v) is 10.9. The lowest BCUT2D eigenvalue weighted by Gasteiger charge is -1.99. The third kappa shape index (κ3) is 4.67. The molecule has 0 bridgehead atoms. The van der Waals surface area contributed by atoms with E-state index in [-0.39, 0.29) is 55.6 Å². The van der Waals surface area contributed by atoms with Crippen LogP contribution in [0.4, 0.5) is 0 Å². The van der Waals surface area contributed by atoms with E-state index in [2.05, 4.69) is 15.0 Å². The smallest absolute Gasteiger partial charge is 0.279 e. The summed E-state index contributed by atoms with van der Waals surface area (Å²) in [5.74, 6) is -0.398. The van der Waals surface area contributed by atoms with Crippen molar-refractivity contribution in [2.45, 2.75) is 20.8 Å². The SMILES string of the molecule is CC(=O)c1ccc2[nH]c(=O)c3c/c(=C(/C)O)ccc3nc(=O)c3c/c(=C(/C)O)ccc3nc(=O)c2c1. The number of rotatable bonds is 1. The zero-order valence-corrected chi connectivity index (χ0v) is 19.6. The zero-order valence-electron chi connectivity index (χ0n) is 19.6. The summed E-state index contributed by atoms with van der Waals surface area (Å²) in [4.78, 5) is 62.4. The summed E-state index contributed by atoms with van der Waals surface area (Å²) < 4.78 is 0. The normalized spacial score (nSPS) is 12.8. The first kappa shape index (κ1) is 24.2. The van der Waals surface area contributed by atoms with Crippen LogP contribution in [0, 0.1) is 0 Å². The second kappa shape index (κ2) is 9.38. The van der Waals surface area contributed by atoms with E-state index >= 15 is 0 Å². The number of benzene rings is 3. The maximum absolute atomic E-state index is 13.3. The highest BCUT2D eigenvalue weighted by atomic mass is 16.3. The van der Waals surface area contributed by atoms with Crippen LogP contribution in [0.1, 0.15) is 31.1 Å². The van der Waals surface area contributed by atoms with Crippen LogP contribution in [0.5, 0.6) is 0 Å². The number of ketones is 1. The molecule has 4 rings (SSSR count). The van der Waals surface area contributed by atoms with Gasteiger partial charge in [0.1, 0.15) is 0 Å². The summed E-state index contributed by atoms with van der Waals surface area (Å²) in [6.07, 6.45) is 0. The lowest BCUT2D eigenvalue weighted by atomic mass is 10.1. The quantitative estimate of drug-likeness (QED) is 0.348. The Morgan fingerprint density at radius 3 is 1.78 bits per heavy atom. The molecule has 0 saturated carbocycles. The van der Waals surface area contributed by atoms with Gasteiger partial charge in [-0.15, -0.1) is 0 Å². The average Bonchev–Trinajstić information content (AvgIpc) is 2.83. The Kier molecular flexibility index (Phi) is 6.31. The van der Waals surface area contributed by atoms with E-state index in [1.54, 1.807) is 0 Å². The van der Waals surface area contributed by atoms with E-state index in [0.29, 0.717) is 10.4 Å². The van der Waals surface area contributed by atoms with Crippen molar-refractivity contribution < 1.29 is 15.0 Å². The summed E-state index contributed by atoms with van der Waals surface area (Å²) in [5, 5.41) is 20.4. The number of H-pyrrole nitrogens is 1. The molecule has 0 aliphatic rings. The number of carbonyl (C=O) groups is 1. The molecule has 9 nitrogen and oxygen atoms in total. The number of carbonyl (C=O) groups excluding carboxylic acids is 1. The molecule has 36 heavy (non-hydrogen) atoms. The van der Waals surface area contributed by atoms with Gasteiger partial charge in [-0.05, 0) is 75.4 Å². The van der Waals surface area contributed by atoms with Crippen LogP contribution in [0.3, 0.4) is 0 Å².